The molecular weight excluding hydrogens is 438 g/mol. The smallest absolute Gasteiger partial charge is 0.282 e. The summed E-state index contributed by atoms with van der Waals surface area (Å²) in [6.45, 7) is 2.26. The molecular formula is C25H21N3O6. The number of benzene rings is 3. The minimum Gasteiger partial charge on any atom is -0.497 e. The lowest BCUT2D eigenvalue weighted by atomic mass is 10.0. The second kappa shape index (κ2) is 9.45. The molecule has 3 aromatic carbocycles. The summed E-state index contributed by atoms with van der Waals surface area (Å²) in [6, 6.07) is 19.1. The number of hydrogen-bond donors (Lipinski definition) is 1. The Morgan fingerprint density at radius 3 is 2.24 bits per heavy atom. The highest BCUT2D eigenvalue weighted by Crippen LogP contribution is 2.36. The molecule has 0 bridgehead atoms. The van der Waals surface area contributed by atoms with Crippen molar-refractivity contribution in [1.82, 2.24) is 0 Å². The maximum Gasteiger partial charge on any atom is 0.282 e. The highest BCUT2D eigenvalue weighted by molar-refractivity contribution is 6.46. The van der Waals surface area contributed by atoms with E-state index in [1.165, 1.54) is 31.4 Å². The zero-order valence-electron chi connectivity index (χ0n) is 18.5. The number of methoxy groups -OCH3 is 1. The van der Waals surface area contributed by atoms with Crippen LogP contribution in [0.2, 0.25) is 0 Å². The fourth-order valence-electron chi connectivity index (χ4n) is 3.62. The quantitative estimate of drug-likeness (QED) is 0.302. The van der Waals surface area contributed by atoms with E-state index in [1.807, 2.05) is 6.92 Å². The Bertz CT molecular complexity index is 1280. The molecule has 9 nitrogen and oxygen atoms in total. The van der Waals surface area contributed by atoms with Gasteiger partial charge in [0.1, 0.15) is 17.2 Å². The Labute approximate surface area is 195 Å². The number of ether oxygens (including phenoxy) is 2. The van der Waals surface area contributed by atoms with Crippen LogP contribution in [0, 0.1) is 10.1 Å². The number of carbonyl (C=O) groups is 2. The predicted octanol–water partition coefficient (Wildman–Crippen LogP) is 4.40. The van der Waals surface area contributed by atoms with Gasteiger partial charge in [0.2, 0.25) is 0 Å². The summed E-state index contributed by atoms with van der Waals surface area (Å²) in [7, 11) is 1.52. The number of carbonyl (C=O) groups excluding carboxylic acids is 2. The molecule has 4 rings (SSSR count). The Kier molecular flexibility index (Phi) is 6.26. The lowest BCUT2D eigenvalue weighted by molar-refractivity contribution is -0.384. The number of para-hydroxylation sites is 2. The van der Waals surface area contributed by atoms with Gasteiger partial charge >= 0.3 is 0 Å². The number of non-ortho nitro benzene ring substituents is 1. The van der Waals surface area contributed by atoms with Gasteiger partial charge in [0.15, 0.2) is 0 Å². The first-order chi connectivity index (χ1) is 16.4. The molecule has 1 aliphatic heterocycles. The van der Waals surface area contributed by atoms with E-state index < -0.39 is 16.7 Å². The van der Waals surface area contributed by atoms with Crippen LogP contribution in [0.5, 0.6) is 11.5 Å². The number of nitrogens with one attached hydrogen (secondary N) is 1. The molecule has 34 heavy (non-hydrogen) atoms. The monoisotopic (exact) mass is 459 g/mol. The third-order valence-electron chi connectivity index (χ3n) is 5.23. The van der Waals surface area contributed by atoms with Crippen LogP contribution in [-0.4, -0.2) is 30.5 Å². The summed E-state index contributed by atoms with van der Waals surface area (Å²) < 4.78 is 10.8. The molecule has 0 atom stereocenters. The molecule has 0 spiro atoms. The van der Waals surface area contributed by atoms with Crippen molar-refractivity contribution in [2.24, 2.45) is 0 Å². The zero-order chi connectivity index (χ0) is 24.2. The summed E-state index contributed by atoms with van der Waals surface area (Å²) in [6.07, 6.45) is 0. The highest BCUT2D eigenvalue weighted by atomic mass is 16.6. The standard InChI is InChI=1S/C25H21N3O6/c1-3-34-21-7-5-4-6-20(21)26-23-22(16-8-10-18(11-9-16)28(31)32)24(29)27(25(23)30)17-12-14-19(33-2)15-13-17/h4-15,26H,3H2,1-2H3. The first kappa shape index (κ1) is 22.5. The SMILES string of the molecule is CCOc1ccccc1NC1=C(c2ccc([N+](=O)[O-])cc2)C(=O)N(c2ccc(OC)cc2)C1=O. The Morgan fingerprint density at radius 1 is 0.941 bits per heavy atom. The van der Waals surface area contributed by atoms with Crippen molar-refractivity contribution in [2.45, 2.75) is 6.92 Å². The van der Waals surface area contributed by atoms with Gasteiger partial charge in [-0.3, -0.25) is 19.7 Å². The van der Waals surface area contributed by atoms with Crippen LogP contribution in [0.4, 0.5) is 17.1 Å². The summed E-state index contributed by atoms with van der Waals surface area (Å²) in [5.41, 5.74) is 1.27. The van der Waals surface area contributed by atoms with Gasteiger partial charge in [-0.15, -0.1) is 0 Å². The van der Waals surface area contributed by atoms with Crippen LogP contribution >= 0.6 is 0 Å². The molecule has 0 fully saturated rings. The lowest BCUT2D eigenvalue weighted by Gasteiger charge is -2.16. The minimum atomic E-state index is -0.560. The van der Waals surface area contributed by atoms with E-state index in [2.05, 4.69) is 5.32 Å². The summed E-state index contributed by atoms with van der Waals surface area (Å²) in [4.78, 5) is 38.6. The largest absolute Gasteiger partial charge is 0.497 e. The maximum atomic E-state index is 13.5. The minimum absolute atomic E-state index is 0.0434. The van der Waals surface area contributed by atoms with E-state index in [9.17, 15) is 19.7 Å². The molecule has 172 valence electrons. The molecule has 1 aliphatic rings. The normalized spacial score (nSPS) is 13.3. The number of imide groups is 1. The van der Waals surface area contributed by atoms with Crippen LogP contribution in [-0.2, 0) is 9.59 Å². The molecule has 1 heterocycles. The predicted molar refractivity (Wildman–Crippen MR) is 127 cm³/mol. The molecule has 0 saturated heterocycles. The van der Waals surface area contributed by atoms with Crippen molar-refractivity contribution in [1.29, 1.82) is 0 Å². The number of rotatable bonds is 8. The zero-order valence-corrected chi connectivity index (χ0v) is 18.5. The summed E-state index contributed by atoms with van der Waals surface area (Å²) >= 11 is 0. The van der Waals surface area contributed by atoms with Gasteiger partial charge < -0.3 is 14.8 Å². The number of nitrogens with zero attached hydrogens (tertiary/aromatic N) is 2. The third kappa shape index (κ3) is 4.18. The first-order valence-electron chi connectivity index (χ1n) is 10.5. The van der Waals surface area contributed by atoms with E-state index >= 15 is 0 Å². The Balaban J connectivity index is 1.81. The molecule has 2 amide bonds. The van der Waals surface area contributed by atoms with Crippen LogP contribution in [0.1, 0.15) is 12.5 Å². The van der Waals surface area contributed by atoms with Gasteiger partial charge in [-0.25, -0.2) is 4.90 Å². The molecule has 0 aliphatic carbocycles. The van der Waals surface area contributed by atoms with Crippen molar-refractivity contribution in [3.63, 3.8) is 0 Å². The van der Waals surface area contributed by atoms with E-state index in [0.29, 0.717) is 35.0 Å². The first-order valence-corrected chi connectivity index (χ1v) is 10.5. The van der Waals surface area contributed by atoms with E-state index in [0.717, 1.165) is 4.90 Å². The van der Waals surface area contributed by atoms with Crippen molar-refractivity contribution in [3.05, 3.63) is 94.2 Å². The summed E-state index contributed by atoms with van der Waals surface area (Å²) in [5.74, 6) is -0.0192. The van der Waals surface area contributed by atoms with E-state index in [1.54, 1.807) is 48.5 Å². The van der Waals surface area contributed by atoms with Crippen LogP contribution in [0.3, 0.4) is 0 Å². The van der Waals surface area contributed by atoms with Crippen LogP contribution in [0.15, 0.2) is 78.5 Å². The van der Waals surface area contributed by atoms with Gasteiger partial charge in [-0.05, 0) is 61.0 Å². The average molecular weight is 459 g/mol. The second-order valence-corrected chi connectivity index (χ2v) is 7.25. The second-order valence-electron chi connectivity index (χ2n) is 7.25. The molecule has 0 saturated carbocycles. The molecule has 9 heteroatoms. The summed E-state index contributed by atoms with van der Waals surface area (Å²) in [5, 5.41) is 14.1. The van der Waals surface area contributed by atoms with Gasteiger partial charge in [0.25, 0.3) is 17.5 Å². The molecule has 3 aromatic rings. The Hall–Kier alpha value is -4.66. The number of amides is 2. The fourth-order valence-corrected chi connectivity index (χ4v) is 3.62. The number of hydrogen-bond acceptors (Lipinski definition) is 7. The topological polar surface area (TPSA) is 111 Å². The number of nitro benzene ring substituents is 1. The van der Waals surface area contributed by atoms with Crippen molar-refractivity contribution < 1.29 is 24.0 Å². The Morgan fingerprint density at radius 2 is 1.62 bits per heavy atom. The highest BCUT2D eigenvalue weighted by Gasteiger charge is 2.40. The fraction of sp³-hybridized carbons (Fsp3) is 0.120. The maximum absolute atomic E-state index is 13.5. The van der Waals surface area contributed by atoms with Crippen LogP contribution < -0.4 is 19.7 Å². The number of nitro groups is 1. The van der Waals surface area contributed by atoms with Gasteiger partial charge in [0.05, 0.1) is 35.6 Å². The third-order valence-corrected chi connectivity index (χ3v) is 5.23. The molecule has 1 N–H and O–H groups in total. The number of anilines is 2. The molecule has 0 unspecified atom stereocenters. The van der Waals surface area contributed by atoms with E-state index in [-0.39, 0.29) is 17.0 Å². The van der Waals surface area contributed by atoms with Gasteiger partial charge in [-0.1, -0.05) is 12.1 Å². The van der Waals surface area contributed by atoms with Crippen molar-refractivity contribution in [3.8, 4) is 11.5 Å². The average Bonchev–Trinajstić information content (AvgIpc) is 3.09. The van der Waals surface area contributed by atoms with Crippen LogP contribution in [0.25, 0.3) is 5.57 Å². The molecule has 0 radical (unpaired) electrons. The van der Waals surface area contributed by atoms with Crippen molar-refractivity contribution in [2.75, 3.05) is 23.9 Å². The van der Waals surface area contributed by atoms with Gasteiger partial charge in [-0.2, -0.15) is 0 Å². The van der Waals surface area contributed by atoms with Gasteiger partial charge in [0, 0.05) is 12.1 Å². The lowest BCUT2D eigenvalue weighted by Crippen LogP contribution is -2.32. The van der Waals surface area contributed by atoms with Crippen molar-refractivity contribution >= 4 is 34.4 Å². The van der Waals surface area contributed by atoms with E-state index in [4.69, 9.17) is 9.47 Å². The molecule has 0 aromatic heterocycles.